The zero-order valence-electron chi connectivity index (χ0n) is 13.4. The summed E-state index contributed by atoms with van der Waals surface area (Å²) in [4.78, 5) is 14.4. The highest BCUT2D eigenvalue weighted by atomic mass is 16.5. The number of nitrogens with zero attached hydrogens (tertiary/aromatic N) is 1. The van der Waals surface area contributed by atoms with Crippen molar-refractivity contribution in [3.63, 3.8) is 0 Å². The quantitative estimate of drug-likeness (QED) is 0.863. The predicted octanol–water partition coefficient (Wildman–Crippen LogP) is 3.19. The van der Waals surface area contributed by atoms with E-state index in [9.17, 15) is 4.79 Å². The first-order valence-electron chi connectivity index (χ1n) is 8.08. The van der Waals surface area contributed by atoms with E-state index in [1.165, 1.54) is 5.56 Å². The third-order valence-corrected chi connectivity index (χ3v) is 4.19. The van der Waals surface area contributed by atoms with Gasteiger partial charge in [-0.2, -0.15) is 0 Å². The van der Waals surface area contributed by atoms with Crippen LogP contribution in [0.15, 0.2) is 42.5 Å². The summed E-state index contributed by atoms with van der Waals surface area (Å²) in [6, 6.07) is 13.9. The number of benzene rings is 2. The molecule has 0 aliphatic carbocycles. The van der Waals surface area contributed by atoms with Crippen LogP contribution in [0.5, 0.6) is 5.75 Å². The van der Waals surface area contributed by atoms with Gasteiger partial charge in [0.1, 0.15) is 5.75 Å². The van der Waals surface area contributed by atoms with E-state index in [4.69, 9.17) is 10.5 Å². The molecule has 1 aliphatic heterocycles. The van der Waals surface area contributed by atoms with E-state index >= 15 is 0 Å². The van der Waals surface area contributed by atoms with Crippen molar-refractivity contribution in [1.29, 1.82) is 0 Å². The Morgan fingerprint density at radius 3 is 2.87 bits per heavy atom. The molecule has 3 rings (SSSR count). The Labute approximate surface area is 136 Å². The number of anilines is 2. The lowest BCUT2D eigenvalue weighted by molar-refractivity contribution is -0.118. The molecule has 120 valence electrons. The Bertz CT molecular complexity index is 712. The van der Waals surface area contributed by atoms with Crippen molar-refractivity contribution in [1.82, 2.24) is 0 Å². The lowest BCUT2D eigenvalue weighted by Gasteiger charge is -2.17. The largest absolute Gasteiger partial charge is 0.492 e. The zero-order chi connectivity index (χ0) is 16.2. The summed E-state index contributed by atoms with van der Waals surface area (Å²) in [5, 5.41) is 0. The van der Waals surface area contributed by atoms with Gasteiger partial charge in [-0.05, 0) is 49.1 Å². The van der Waals surface area contributed by atoms with Gasteiger partial charge in [-0.25, -0.2) is 0 Å². The molecule has 0 unspecified atom stereocenters. The van der Waals surface area contributed by atoms with Crippen LogP contribution in [0.4, 0.5) is 11.4 Å². The predicted molar refractivity (Wildman–Crippen MR) is 92.8 cm³/mol. The number of carbonyl (C=O) groups excluding carboxylic acids is 1. The first-order valence-corrected chi connectivity index (χ1v) is 8.08. The summed E-state index contributed by atoms with van der Waals surface area (Å²) in [6.45, 7) is 3.31. The van der Waals surface area contributed by atoms with Gasteiger partial charge < -0.3 is 15.4 Å². The number of nitrogen functional groups attached to an aromatic ring is 1. The minimum Gasteiger partial charge on any atom is -0.492 e. The number of amides is 1. The van der Waals surface area contributed by atoms with Gasteiger partial charge in [0, 0.05) is 18.7 Å². The van der Waals surface area contributed by atoms with Crippen LogP contribution in [0.25, 0.3) is 0 Å². The van der Waals surface area contributed by atoms with E-state index in [-0.39, 0.29) is 5.91 Å². The van der Waals surface area contributed by atoms with E-state index < -0.39 is 0 Å². The highest BCUT2D eigenvalue weighted by Gasteiger charge is 2.23. The second kappa shape index (κ2) is 6.73. The fourth-order valence-corrected chi connectivity index (χ4v) is 3.02. The van der Waals surface area contributed by atoms with Crippen molar-refractivity contribution < 1.29 is 9.53 Å². The first kappa shape index (κ1) is 15.4. The molecular weight excluding hydrogens is 288 g/mol. The minimum absolute atomic E-state index is 0.169. The molecule has 0 fully saturated rings. The van der Waals surface area contributed by atoms with Crippen molar-refractivity contribution in [2.24, 2.45) is 0 Å². The van der Waals surface area contributed by atoms with E-state index in [1.54, 1.807) is 0 Å². The van der Waals surface area contributed by atoms with Crippen molar-refractivity contribution in [2.75, 3.05) is 23.8 Å². The van der Waals surface area contributed by atoms with Crippen molar-refractivity contribution in [2.45, 2.75) is 26.2 Å². The maximum absolute atomic E-state index is 12.5. The molecule has 4 heteroatoms. The topological polar surface area (TPSA) is 55.6 Å². The van der Waals surface area contributed by atoms with Gasteiger partial charge in [-0.15, -0.1) is 0 Å². The highest BCUT2D eigenvalue weighted by molar-refractivity contribution is 5.95. The number of para-hydroxylation sites is 1. The summed E-state index contributed by atoms with van der Waals surface area (Å²) in [7, 11) is 0. The molecule has 0 spiro atoms. The smallest absolute Gasteiger partial charge is 0.227 e. The molecule has 1 amide bonds. The molecule has 0 atom stereocenters. The molecule has 2 N–H and O–H groups in total. The van der Waals surface area contributed by atoms with Gasteiger partial charge in [-0.1, -0.05) is 24.3 Å². The molecular formula is C19H22N2O2. The van der Waals surface area contributed by atoms with Crippen molar-refractivity contribution >= 4 is 17.3 Å². The van der Waals surface area contributed by atoms with E-state index in [0.29, 0.717) is 30.9 Å². The van der Waals surface area contributed by atoms with Crippen LogP contribution >= 0.6 is 0 Å². The van der Waals surface area contributed by atoms with Crippen LogP contribution in [0.2, 0.25) is 0 Å². The number of hydrogen-bond donors (Lipinski definition) is 1. The maximum Gasteiger partial charge on any atom is 0.227 e. The van der Waals surface area contributed by atoms with Crippen LogP contribution in [0.3, 0.4) is 0 Å². The molecule has 0 radical (unpaired) electrons. The van der Waals surface area contributed by atoms with Crippen LogP contribution in [0.1, 0.15) is 24.5 Å². The van der Waals surface area contributed by atoms with Crippen molar-refractivity contribution in [3.05, 3.63) is 53.6 Å². The molecule has 0 saturated heterocycles. The summed E-state index contributed by atoms with van der Waals surface area (Å²) in [5.41, 5.74) is 9.98. The number of ether oxygens (including phenoxy) is 1. The molecule has 2 aromatic carbocycles. The minimum atomic E-state index is 0.169. The molecule has 0 aromatic heterocycles. The zero-order valence-corrected chi connectivity index (χ0v) is 13.4. The SMILES string of the molecule is CCOc1ccc(CCC(=O)N2CCc3ccccc32)cc1N. The Morgan fingerprint density at radius 2 is 2.09 bits per heavy atom. The van der Waals surface area contributed by atoms with E-state index in [2.05, 4.69) is 6.07 Å². The number of rotatable bonds is 5. The van der Waals surface area contributed by atoms with Crippen LogP contribution in [0, 0.1) is 0 Å². The van der Waals surface area contributed by atoms with Gasteiger partial charge in [0.05, 0.1) is 12.3 Å². The summed E-state index contributed by atoms with van der Waals surface area (Å²) in [5.74, 6) is 0.874. The van der Waals surface area contributed by atoms with Gasteiger partial charge >= 0.3 is 0 Å². The Hall–Kier alpha value is -2.49. The molecule has 23 heavy (non-hydrogen) atoms. The fourth-order valence-electron chi connectivity index (χ4n) is 3.02. The maximum atomic E-state index is 12.5. The number of aryl methyl sites for hydroxylation is 1. The summed E-state index contributed by atoms with van der Waals surface area (Å²) >= 11 is 0. The third-order valence-electron chi connectivity index (χ3n) is 4.19. The highest BCUT2D eigenvalue weighted by Crippen LogP contribution is 2.28. The number of nitrogens with two attached hydrogens (primary N) is 1. The average Bonchev–Trinajstić information content (AvgIpc) is 2.99. The van der Waals surface area contributed by atoms with Gasteiger partial charge in [0.2, 0.25) is 5.91 Å². The van der Waals surface area contributed by atoms with E-state index in [0.717, 1.165) is 24.2 Å². The molecule has 0 saturated carbocycles. The normalized spacial score (nSPS) is 13.0. The summed E-state index contributed by atoms with van der Waals surface area (Å²) in [6.07, 6.45) is 2.12. The molecule has 1 aliphatic rings. The second-order valence-electron chi connectivity index (χ2n) is 5.73. The van der Waals surface area contributed by atoms with E-state index in [1.807, 2.05) is 48.2 Å². The molecule has 0 bridgehead atoms. The standard InChI is InChI=1S/C19H22N2O2/c1-2-23-18-9-7-14(13-16(18)20)8-10-19(22)21-12-11-15-5-3-4-6-17(15)21/h3-7,9,13H,2,8,10-12,20H2,1H3. The number of fused-ring (bicyclic) bond motifs is 1. The summed E-state index contributed by atoms with van der Waals surface area (Å²) < 4.78 is 5.44. The Kier molecular flexibility index (Phi) is 4.51. The average molecular weight is 310 g/mol. The molecule has 4 nitrogen and oxygen atoms in total. The Morgan fingerprint density at radius 1 is 1.26 bits per heavy atom. The molecule has 1 heterocycles. The van der Waals surface area contributed by atoms with Gasteiger partial charge in [0.15, 0.2) is 0 Å². The Balaban J connectivity index is 1.63. The lowest BCUT2D eigenvalue weighted by atomic mass is 10.1. The third kappa shape index (κ3) is 3.31. The number of carbonyl (C=O) groups is 1. The lowest BCUT2D eigenvalue weighted by Crippen LogP contribution is -2.29. The monoisotopic (exact) mass is 310 g/mol. The number of hydrogen-bond acceptors (Lipinski definition) is 3. The second-order valence-corrected chi connectivity index (χ2v) is 5.73. The van der Waals surface area contributed by atoms with Crippen molar-refractivity contribution in [3.8, 4) is 5.75 Å². The van der Waals surface area contributed by atoms with Crippen LogP contribution in [-0.2, 0) is 17.6 Å². The van der Waals surface area contributed by atoms with Gasteiger partial charge in [0.25, 0.3) is 0 Å². The molecule has 2 aromatic rings. The van der Waals surface area contributed by atoms with Crippen LogP contribution < -0.4 is 15.4 Å². The van der Waals surface area contributed by atoms with Crippen LogP contribution in [-0.4, -0.2) is 19.1 Å². The van der Waals surface area contributed by atoms with Gasteiger partial charge in [-0.3, -0.25) is 4.79 Å². The first-order chi connectivity index (χ1) is 11.2. The fraction of sp³-hybridized carbons (Fsp3) is 0.316.